The van der Waals surface area contributed by atoms with E-state index >= 15 is 4.79 Å². The number of fused-ring (bicyclic) bond motifs is 3. The van der Waals surface area contributed by atoms with Crippen molar-refractivity contribution in [3.05, 3.63) is 103 Å². The normalized spacial score (nSPS) is 30.1. The number of cyclic esters (lactones) is 1. The van der Waals surface area contributed by atoms with Gasteiger partial charge in [0.1, 0.15) is 23.7 Å². The van der Waals surface area contributed by atoms with Gasteiger partial charge in [-0.25, -0.2) is 0 Å². The van der Waals surface area contributed by atoms with Gasteiger partial charge in [-0.1, -0.05) is 98.8 Å². The molecule has 1 spiro atoms. The van der Waals surface area contributed by atoms with Crippen molar-refractivity contribution < 1.29 is 38.5 Å². The Kier molecular flexibility index (Phi) is 10.5. The summed E-state index contributed by atoms with van der Waals surface area (Å²) in [5.74, 6) is -3.85. The Hall–Kier alpha value is -4.84. The van der Waals surface area contributed by atoms with E-state index in [0.29, 0.717) is 24.1 Å². The second-order valence-electron chi connectivity index (χ2n) is 14.8. The third kappa shape index (κ3) is 6.77. The average molecular weight is 722 g/mol. The van der Waals surface area contributed by atoms with Gasteiger partial charge < -0.3 is 34.4 Å². The van der Waals surface area contributed by atoms with E-state index in [-0.39, 0.29) is 38.0 Å². The number of methoxy groups -OCH3 is 1. The number of allylic oxidation sites excluding steroid dienone is 1. The Morgan fingerprint density at radius 3 is 2.45 bits per heavy atom. The Bertz CT molecular complexity index is 1910. The Balaban J connectivity index is 1.36. The molecule has 5 bridgehead atoms. The van der Waals surface area contributed by atoms with E-state index in [1.165, 1.54) is 12.0 Å². The Labute approximate surface area is 309 Å². The van der Waals surface area contributed by atoms with Gasteiger partial charge in [-0.15, -0.1) is 0 Å². The first kappa shape index (κ1) is 36.5. The number of aliphatic hydroxyl groups is 1. The van der Waals surface area contributed by atoms with Crippen LogP contribution in [0.2, 0.25) is 0 Å². The zero-order valence-corrected chi connectivity index (χ0v) is 30.3. The smallest absolute Gasteiger partial charge is 0.313 e. The molecule has 0 aromatic heterocycles. The lowest BCUT2D eigenvalue weighted by Crippen LogP contribution is -2.59. The SMILES string of the molecule is COC[C@H]1NC(=O)CC/C=C\CN(c2ccc3ccccc3c2)C(=O)[C@@H]2N([C@@H](CO)CC(C)C)C(=O)[C@H]3[C@H](C(=O)O[C@@H]1c1ccccc1)[C@@H]1C=C[C@]23O1. The molecule has 4 heterocycles. The molecule has 3 amide bonds. The molecule has 3 aromatic carbocycles. The molecule has 3 aromatic rings. The maximum Gasteiger partial charge on any atom is 0.313 e. The minimum Gasteiger partial charge on any atom is -0.455 e. The summed E-state index contributed by atoms with van der Waals surface area (Å²) in [5.41, 5.74) is -0.223. The predicted molar refractivity (Wildman–Crippen MR) is 198 cm³/mol. The van der Waals surface area contributed by atoms with Crippen molar-refractivity contribution in [1.29, 1.82) is 0 Å². The van der Waals surface area contributed by atoms with Gasteiger partial charge in [0.25, 0.3) is 5.91 Å². The maximum atomic E-state index is 15.3. The Morgan fingerprint density at radius 1 is 0.962 bits per heavy atom. The molecule has 2 fully saturated rings. The van der Waals surface area contributed by atoms with Crippen LogP contribution in [0.25, 0.3) is 10.8 Å². The molecule has 11 nitrogen and oxygen atoms in total. The lowest BCUT2D eigenvalue weighted by Gasteiger charge is -2.39. The lowest BCUT2D eigenvalue weighted by molar-refractivity contribution is -0.162. The van der Waals surface area contributed by atoms with E-state index in [1.54, 1.807) is 17.1 Å². The van der Waals surface area contributed by atoms with E-state index in [2.05, 4.69) is 5.32 Å². The van der Waals surface area contributed by atoms with E-state index in [9.17, 15) is 19.5 Å². The number of nitrogens with zero attached hydrogens (tertiary/aromatic N) is 2. The van der Waals surface area contributed by atoms with Crippen LogP contribution in [0.15, 0.2) is 97.1 Å². The molecule has 0 radical (unpaired) electrons. The molecule has 0 saturated carbocycles. The number of carbonyl (C=O) groups is 4. The fourth-order valence-electron chi connectivity index (χ4n) is 8.59. The van der Waals surface area contributed by atoms with Gasteiger partial charge in [-0.05, 0) is 47.2 Å². The third-order valence-corrected chi connectivity index (χ3v) is 10.9. The number of nitrogens with one attached hydrogen (secondary N) is 1. The number of rotatable bonds is 8. The fourth-order valence-corrected chi connectivity index (χ4v) is 8.59. The third-order valence-electron chi connectivity index (χ3n) is 10.9. The predicted octanol–water partition coefficient (Wildman–Crippen LogP) is 4.50. The number of anilines is 1. The highest BCUT2D eigenvalue weighted by atomic mass is 16.6. The second kappa shape index (κ2) is 15.3. The highest BCUT2D eigenvalue weighted by Gasteiger charge is 2.74. The molecule has 11 heteroatoms. The summed E-state index contributed by atoms with van der Waals surface area (Å²) in [4.78, 5) is 61.2. The van der Waals surface area contributed by atoms with E-state index < -0.39 is 65.6 Å². The summed E-state index contributed by atoms with van der Waals surface area (Å²) < 4.78 is 18.5. The van der Waals surface area contributed by atoms with Gasteiger partial charge >= 0.3 is 5.97 Å². The van der Waals surface area contributed by atoms with Crippen LogP contribution in [0.4, 0.5) is 5.69 Å². The largest absolute Gasteiger partial charge is 0.455 e. The highest BCUT2D eigenvalue weighted by Crippen LogP contribution is 2.56. The van der Waals surface area contributed by atoms with Gasteiger partial charge in [0.2, 0.25) is 11.8 Å². The number of hydrogen-bond donors (Lipinski definition) is 2. The van der Waals surface area contributed by atoms with Crippen LogP contribution in [0.1, 0.15) is 44.8 Å². The molecule has 2 saturated heterocycles. The van der Waals surface area contributed by atoms with Crippen molar-refractivity contribution in [2.45, 2.75) is 69.0 Å². The molecular weight excluding hydrogens is 674 g/mol. The number of esters is 1. The molecule has 0 unspecified atom stereocenters. The fraction of sp³-hybridized carbons (Fsp3) is 0.429. The quantitative estimate of drug-likeness (QED) is 0.257. The number of carbonyl (C=O) groups excluding carboxylic acids is 4. The first-order chi connectivity index (χ1) is 25.7. The average Bonchev–Trinajstić information content (AvgIpc) is 3.81. The van der Waals surface area contributed by atoms with Gasteiger partial charge in [0, 0.05) is 25.8 Å². The van der Waals surface area contributed by atoms with Gasteiger partial charge in [-0.3, -0.25) is 19.2 Å². The van der Waals surface area contributed by atoms with Crippen molar-refractivity contribution in [2.24, 2.45) is 17.8 Å². The van der Waals surface area contributed by atoms with Crippen LogP contribution in [0.3, 0.4) is 0 Å². The molecule has 4 aliphatic heterocycles. The minimum atomic E-state index is -1.48. The van der Waals surface area contributed by atoms with Crippen LogP contribution in [-0.4, -0.2) is 90.4 Å². The number of benzene rings is 3. The van der Waals surface area contributed by atoms with Crippen molar-refractivity contribution in [2.75, 3.05) is 31.8 Å². The number of amides is 3. The molecule has 2 N–H and O–H groups in total. The van der Waals surface area contributed by atoms with E-state index in [0.717, 1.165) is 10.8 Å². The molecule has 0 aliphatic carbocycles. The first-order valence-electron chi connectivity index (χ1n) is 18.5. The highest BCUT2D eigenvalue weighted by molar-refractivity contribution is 6.06. The lowest BCUT2D eigenvalue weighted by atomic mass is 9.74. The summed E-state index contributed by atoms with van der Waals surface area (Å²) in [6.45, 7) is 3.83. The summed E-state index contributed by atoms with van der Waals surface area (Å²) in [7, 11) is 1.51. The monoisotopic (exact) mass is 721 g/mol. The summed E-state index contributed by atoms with van der Waals surface area (Å²) >= 11 is 0. The van der Waals surface area contributed by atoms with Crippen LogP contribution < -0.4 is 10.2 Å². The van der Waals surface area contributed by atoms with Crippen molar-refractivity contribution in [3.8, 4) is 0 Å². The number of likely N-dealkylation sites (tertiary alicyclic amines) is 1. The van der Waals surface area contributed by atoms with Crippen LogP contribution in [-0.2, 0) is 33.4 Å². The maximum absolute atomic E-state index is 15.3. The molecular formula is C42H47N3O8. The summed E-state index contributed by atoms with van der Waals surface area (Å²) in [5, 5.41) is 15.7. The molecule has 7 rings (SSSR count). The molecule has 4 aliphatic rings. The molecule has 8 atom stereocenters. The van der Waals surface area contributed by atoms with Crippen LogP contribution >= 0.6 is 0 Å². The van der Waals surface area contributed by atoms with E-state index in [1.807, 2.05) is 98.8 Å². The molecule has 53 heavy (non-hydrogen) atoms. The van der Waals surface area contributed by atoms with Crippen LogP contribution in [0.5, 0.6) is 0 Å². The van der Waals surface area contributed by atoms with Crippen molar-refractivity contribution in [1.82, 2.24) is 10.2 Å². The molecule has 278 valence electrons. The van der Waals surface area contributed by atoms with Crippen molar-refractivity contribution in [3.63, 3.8) is 0 Å². The summed E-state index contributed by atoms with van der Waals surface area (Å²) in [6.07, 6.45) is 6.42. The van der Waals surface area contributed by atoms with E-state index in [4.69, 9.17) is 14.2 Å². The van der Waals surface area contributed by atoms with Gasteiger partial charge in [-0.2, -0.15) is 0 Å². The zero-order valence-electron chi connectivity index (χ0n) is 30.3. The van der Waals surface area contributed by atoms with Crippen LogP contribution in [0, 0.1) is 17.8 Å². The number of hydrogen-bond acceptors (Lipinski definition) is 8. The Morgan fingerprint density at radius 2 is 1.72 bits per heavy atom. The van der Waals surface area contributed by atoms with Gasteiger partial charge in [0.05, 0.1) is 37.3 Å². The zero-order chi connectivity index (χ0) is 37.3. The number of aliphatic hydroxyl groups excluding tert-OH is 1. The van der Waals surface area contributed by atoms with Gasteiger partial charge in [0.15, 0.2) is 0 Å². The standard InChI is InChI=1S/C42H47N3O8/c1-26(2)22-31(24-46)45-38-40(49)44(30-18-17-27-12-9-10-15-29(27)23-30)21-11-5-8-16-34(47)43-32(25-51-3)37(28-13-6-4-7-14-28)52-41(50)35-33-19-20-42(38,53-33)36(35)39(45)48/h4-7,9-15,17-20,23,26,31-33,35-38,46H,8,16,21-22,24-25H2,1-3H3,(H,43,47)/b11-5-/t31-,32-,33+,35-,36-,37-,38+,42-/m1/s1. The second-order valence-corrected chi connectivity index (χ2v) is 14.8. The number of ether oxygens (including phenoxy) is 3. The minimum absolute atomic E-state index is 0.0592. The topological polar surface area (TPSA) is 135 Å². The first-order valence-corrected chi connectivity index (χ1v) is 18.5. The van der Waals surface area contributed by atoms with Crippen molar-refractivity contribution >= 4 is 40.2 Å². The summed E-state index contributed by atoms with van der Waals surface area (Å²) in [6, 6.07) is 20.1.